The molecule has 0 spiro atoms. The van der Waals surface area contributed by atoms with Crippen LogP contribution in [0.25, 0.3) is 10.9 Å². The van der Waals surface area contributed by atoms with Gasteiger partial charge in [-0.05, 0) is 61.2 Å². The molecule has 2 aromatic carbocycles. The van der Waals surface area contributed by atoms with E-state index in [4.69, 9.17) is 0 Å². The van der Waals surface area contributed by atoms with Crippen LogP contribution in [-0.2, 0) is 30.4 Å². The van der Waals surface area contributed by atoms with Crippen molar-refractivity contribution < 1.29 is 29.1 Å². The number of amides is 5. The molecule has 4 unspecified atom stereocenters. The van der Waals surface area contributed by atoms with Crippen LogP contribution in [-0.4, -0.2) is 63.8 Å². The number of rotatable bonds is 13. The molecule has 5 amide bonds. The molecule has 0 bridgehead atoms. The first kappa shape index (κ1) is 33.5. The lowest BCUT2D eigenvalue weighted by atomic mass is 10.0. The van der Waals surface area contributed by atoms with Crippen molar-refractivity contribution >= 4 is 46.1 Å². The smallest absolute Gasteiger partial charge is 0.246 e. The average Bonchev–Trinajstić information content (AvgIpc) is 2.98. The van der Waals surface area contributed by atoms with Crippen LogP contribution in [0.3, 0.4) is 0 Å². The second-order valence-corrected chi connectivity index (χ2v) is 11.0. The van der Waals surface area contributed by atoms with Crippen molar-refractivity contribution in [2.45, 2.75) is 71.6 Å². The Morgan fingerprint density at radius 3 is 2.14 bits per heavy atom. The molecule has 0 radical (unpaired) electrons. The number of nitrogens with zero attached hydrogens (tertiary/aromatic N) is 1. The van der Waals surface area contributed by atoms with Gasteiger partial charge in [0.1, 0.15) is 29.9 Å². The molecule has 44 heavy (non-hydrogen) atoms. The van der Waals surface area contributed by atoms with Gasteiger partial charge in [-0.25, -0.2) is 0 Å². The molecule has 12 nitrogen and oxygen atoms in total. The highest BCUT2D eigenvalue weighted by Gasteiger charge is 2.31. The predicted molar refractivity (Wildman–Crippen MR) is 166 cm³/mol. The number of fused-ring (bicyclic) bond motifs is 1. The minimum atomic E-state index is -1.02. The second kappa shape index (κ2) is 15.5. The van der Waals surface area contributed by atoms with Crippen molar-refractivity contribution in [2.75, 3.05) is 5.32 Å². The van der Waals surface area contributed by atoms with Gasteiger partial charge in [-0.15, -0.1) is 0 Å². The van der Waals surface area contributed by atoms with Gasteiger partial charge in [0.05, 0.1) is 5.52 Å². The molecule has 3 aromatic rings. The third kappa shape index (κ3) is 9.51. The minimum Gasteiger partial charge on any atom is -0.508 e. The molecule has 6 N–H and O–H groups in total. The van der Waals surface area contributed by atoms with Gasteiger partial charge in [0.15, 0.2) is 0 Å². The first-order valence-corrected chi connectivity index (χ1v) is 14.5. The molecule has 1 heterocycles. The van der Waals surface area contributed by atoms with Gasteiger partial charge in [0, 0.05) is 30.6 Å². The largest absolute Gasteiger partial charge is 0.508 e. The fourth-order valence-electron chi connectivity index (χ4n) is 4.51. The Hall–Kier alpha value is -5.00. The Kier molecular flexibility index (Phi) is 11.8. The number of benzene rings is 2. The highest BCUT2D eigenvalue weighted by atomic mass is 16.3. The van der Waals surface area contributed by atoms with E-state index in [1.165, 1.54) is 26.0 Å². The fraction of sp³-hybridized carbons (Fsp3) is 0.375. The first-order valence-electron chi connectivity index (χ1n) is 14.5. The summed E-state index contributed by atoms with van der Waals surface area (Å²) in [5, 5.41) is 23.8. The highest BCUT2D eigenvalue weighted by Crippen LogP contribution is 2.17. The van der Waals surface area contributed by atoms with E-state index in [0.29, 0.717) is 17.7 Å². The molecule has 0 aliphatic rings. The Balaban J connectivity index is 1.61. The zero-order valence-corrected chi connectivity index (χ0v) is 25.5. The van der Waals surface area contributed by atoms with Crippen LogP contribution in [0, 0.1) is 5.92 Å². The van der Waals surface area contributed by atoms with E-state index in [1.807, 2.05) is 6.07 Å². The molecule has 0 aliphatic heterocycles. The normalized spacial score (nSPS) is 13.7. The predicted octanol–water partition coefficient (Wildman–Crippen LogP) is 2.17. The molecular formula is C32H40N6O6. The van der Waals surface area contributed by atoms with Gasteiger partial charge in [0.25, 0.3) is 0 Å². The van der Waals surface area contributed by atoms with E-state index in [1.54, 1.807) is 63.4 Å². The first-order chi connectivity index (χ1) is 20.9. The minimum absolute atomic E-state index is 0.0672. The Morgan fingerprint density at radius 1 is 0.795 bits per heavy atom. The molecule has 234 valence electrons. The van der Waals surface area contributed by atoms with Crippen LogP contribution < -0.4 is 26.6 Å². The second-order valence-electron chi connectivity index (χ2n) is 11.0. The lowest BCUT2D eigenvalue weighted by molar-refractivity contribution is -0.134. The molecule has 1 aromatic heterocycles. The number of nitrogens with one attached hydrogen (secondary N) is 5. The number of hydrogen-bond donors (Lipinski definition) is 6. The SMILES string of the molecule is CCC(NC(=O)C(C)NC(=O)C(NC(=O)C(Cc1ccc(O)cc1)NC(C)=O)C(C)C)C(=O)Nc1ccc2ncccc2c1. The number of hydrogen-bond acceptors (Lipinski definition) is 7. The van der Waals surface area contributed by atoms with Crippen molar-refractivity contribution in [3.8, 4) is 5.75 Å². The van der Waals surface area contributed by atoms with Crippen LogP contribution in [0.1, 0.15) is 46.6 Å². The summed E-state index contributed by atoms with van der Waals surface area (Å²) in [5.41, 5.74) is 2.04. The van der Waals surface area contributed by atoms with Gasteiger partial charge in [-0.3, -0.25) is 29.0 Å². The maximum absolute atomic E-state index is 13.2. The molecule has 0 fully saturated rings. The van der Waals surface area contributed by atoms with Gasteiger partial charge in [0.2, 0.25) is 29.5 Å². The van der Waals surface area contributed by atoms with Crippen LogP contribution in [0.5, 0.6) is 5.75 Å². The summed E-state index contributed by atoms with van der Waals surface area (Å²) in [6.45, 7) is 8.00. The molecule has 4 atom stereocenters. The van der Waals surface area contributed by atoms with Crippen LogP contribution in [0.15, 0.2) is 60.8 Å². The number of anilines is 1. The molecule has 0 saturated carbocycles. The van der Waals surface area contributed by atoms with E-state index in [-0.39, 0.29) is 18.1 Å². The number of pyridine rings is 1. The number of phenolic OH excluding ortho intramolecular Hbond substituents is 1. The zero-order chi connectivity index (χ0) is 32.4. The summed E-state index contributed by atoms with van der Waals surface area (Å²) >= 11 is 0. The molecule has 0 saturated heterocycles. The molecule has 0 aliphatic carbocycles. The van der Waals surface area contributed by atoms with Crippen molar-refractivity contribution in [3.63, 3.8) is 0 Å². The summed E-state index contributed by atoms with van der Waals surface area (Å²) in [6, 6.07) is 11.3. The topological polar surface area (TPSA) is 179 Å². The maximum atomic E-state index is 13.2. The van der Waals surface area contributed by atoms with E-state index in [0.717, 1.165) is 10.9 Å². The lowest BCUT2D eigenvalue weighted by Crippen LogP contribution is -2.58. The van der Waals surface area contributed by atoms with Gasteiger partial charge < -0.3 is 31.7 Å². The fourth-order valence-corrected chi connectivity index (χ4v) is 4.51. The highest BCUT2D eigenvalue weighted by molar-refractivity contribution is 6.00. The van der Waals surface area contributed by atoms with Crippen molar-refractivity contribution in [3.05, 3.63) is 66.4 Å². The summed E-state index contributed by atoms with van der Waals surface area (Å²) in [5.74, 6) is -2.86. The quantitative estimate of drug-likeness (QED) is 0.173. The van der Waals surface area contributed by atoms with Gasteiger partial charge >= 0.3 is 0 Å². The average molecular weight is 605 g/mol. The molecule has 3 rings (SSSR count). The third-order valence-electron chi connectivity index (χ3n) is 6.98. The van der Waals surface area contributed by atoms with Crippen LogP contribution >= 0.6 is 0 Å². The van der Waals surface area contributed by atoms with E-state index >= 15 is 0 Å². The van der Waals surface area contributed by atoms with Gasteiger partial charge in [-0.1, -0.05) is 39.0 Å². The maximum Gasteiger partial charge on any atom is 0.246 e. The van der Waals surface area contributed by atoms with Crippen molar-refractivity contribution in [2.24, 2.45) is 5.92 Å². The Labute approximate surface area is 256 Å². The van der Waals surface area contributed by atoms with Crippen molar-refractivity contribution in [1.82, 2.24) is 26.3 Å². The summed E-state index contributed by atoms with van der Waals surface area (Å²) in [4.78, 5) is 68.4. The summed E-state index contributed by atoms with van der Waals surface area (Å²) in [7, 11) is 0. The van der Waals surface area contributed by atoms with E-state index in [2.05, 4.69) is 31.6 Å². The number of phenols is 1. The number of aromatic nitrogens is 1. The molecular weight excluding hydrogens is 564 g/mol. The van der Waals surface area contributed by atoms with Crippen molar-refractivity contribution in [1.29, 1.82) is 0 Å². The van der Waals surface area contributed by atoms with Crippen LogP contribution in [0.2, 0.25) is 0 Å². The number of carbonyl (C=O) groups is 5. The van der Waals surface area contributed by atoms with E-state index in [9.17, 15) is 29.1 Å². The zero-order valence-electron chi connectivity index (χ0n) is 25.5. The Bertz CT molecular complexity index is 1490. The van der Waals surface area contributed by atoms with Crippen LogP contribution in [0.4, 0.5) is 5.69 Å². The van der Waals surface area contributed by atoms with E-state index < -0.39 is 53.7 Å². The molecule has 12 heteroatoms. The standard InChI is InChI=1S/C32H40N6O6/c1-6-25(30(42)36-23-11-14-26-22(17-23)8-7-15-33-26)37-29(41)19(4)34-32(44)28(18(2)3)38-31(43)27(35-20(5)39)16-21-9-12-24(40)13-10-21/h7-15,17-19,25,27-28,40H,6,16H2,1-5H3,(H,34,44)(H,35,39)(H,36,42)(H,37,41)(H,38,43). The lowest BCUT2D eigenvalue weighted by Gasteiger charge is -2.27. The summed E-state index contributed by atoms with van der Waals surface area (Å²) < 4.78 is 0. The summed E-state index contributed by atoms with van der Waals surface area (Å²) in [6.07, 6.45) is 2.12. The Morgan fingerprint density at radius 2 is 1.50 bits per heavy atom. The monoisotopic (exact) mass is 604 g/mol. The third-order valence-corrected chi connectivity index (χ3v) is 6.98. The number of carbonyl (C=O) groups excluding carboxylic acids is 5. The van der Waals surface area contributed by atoms with Gasteiger partial charge in [-0.2, -0.15) is 0 Å². The number of aromatic hydroxyl groups is 1.